The molecule has 1 atom stereocenters. The average molecular weight is 328 g/mol. The van der Waals surface area contributed by atoms with Crippen LogP contribution in [0.1, 0.15) is 97.3 Å². The smallest absolute Gasteiger partial charge is 0.305 e. The van der Waals surface area contributed by atoms with Crippen LogP contribution in [0, 0.1) is 0 Å². The normalized spacial score (nSPS) is 12.0. The molecule has 4 nitrogen and oxygen atoms in total. The lowest BCUT2D eigenvalue weighted by Gasteiger charge is -2.16. The Labute approximate surface area is 142 Å². The lowest BCUT2D eigenvalue weighted by molar-refractivity contribution is -0.147. The molecule has 23 heavy (non-hydrogen) atoms. The fourth-order valence-corrected chi connectivity index (χ4v) is 2.75. The van der Waals surface area contributed by atoms with Crippen molar-refractivity contribution in [2.45, 2.75) is 103 Å². The molecule has 0 aromatic rings. The van der Waals surface area contributed by atoms with E-state index in [9.17, 15) is 9.59 Å². The van der Waals surface area contributed by atoms with Crippen LogP contribution in [0.15, 0.2) is 0 Å². The SMILES string of the molecule is CCCCCC(CCCCCCCCCC(=O)OC)OC(C)=O. The summed E-state index contributed by atoms with van der Waals surface area (Å²) in [6.07, 6.45) is 14.2. The predicted octanol–water partition coefficient (Wildman–Crippen LogP) is 5.18. The molecule has 0 amide bonds. The lowest BCUT2D eigenvalue weighted by Crippen LogP contribution is -2.16. The number of hydrogen-bond acceptors (Lipinski definition) is 4. The molecule has 0 aromatic carbocycles. The zero-order valence-electron chi connectivity index (χ0n) is 15.4. The van der Waals surface area contributed by atoms with Crippen LogP contribution in [0.25, 0.3) is 0 Å². The topological polar surface area (TPSA) is 52.6 Å². The molecule has 0 bridgehead atoms. The number of esters is 2. The second kappa shape index (κ2) is 15.8. The molecule has 0 aromatic heterocycles. The van der Waals surface area contributed by atoms with E-state index in [2.05, 4.69) is 11.7 Å². The number of rotatable bonds is 15. The zero-order valence-corrected chi connectivity index (χ0v) is 15.4. The van der Waals surface area contributed by atoms with Crippen LogP contribution < -0.4 is 0 Å². The maximum Gasteiger partial charge on any atom is 0.305 e. The number of carbonyl (C=O) groups excluding carboxylic acids is 2. The van der Waals surface area contributed by atoms with Gasteiger partial charge in [-0.1, -0.05) is 51.9 Å². The first-order valence-corrected chi connectivity index (χ1v) is 9.34. The molecule has 0 radical (unpaired) electrons. The molecule has 0 saturated heterocycles. The first-order chi connectivity index (χ1) is 11.1. The van der Waals surface area contributed by atoms with Gasteiger partial charge in [-0.2, -0.15) is 0 Å². The van der Waals surface area contributed by atoms with Gasteiger partial charge in [-0.3, -0.25) is 9.59 Å². The predicted molar refractivity (Wildman–Crippen MR) is 93.3 cm³/mol. The summed E-state index contributed by atoms with van der Waals surface area (Å²) in [6, 6.07) is 0. The van der Waals surface area contributed by atoms with Gasteiger partial charge in [0, 0.05) is 13.3 Å². The van der Waals surface area contributed by atoms with Crippen LogP contribution in [0.4, 0.5) is 0 Å². The molecule has 4 heteroatoms. The summed E-state index contributed by atoms with van der Waals surface area (Å²) < 4.78 is 10.0. The van der Waals surface area contributed by atoms with Gasteiger partial charge in [0.2, 0.25) is 0 Å². The third kappa shape index (κ3) is 15.6. The first-order valence-electron chi connectivity index (χ1n) is 9.34. The lowest BCUT2D eigenvalue weighted by atomic mass is 10.0. The van der Waals surface area contributed by atoms with E-state index in [1.807, 2.05) is 0 Å². The standard InChI is InChI=1S/C19H36O4/c1-4-5-11-14-18(23-17(2)20)15-12-9-7-6-8-10-13-16-19(21)22-3/h18H,4-16H2,1-3H3. The van der Waals surface area contributed by atoms with Crippen LogP contribution in [-0.2, 0) is 19.1 Å². The van der Waals surface area contributed by atoms with E-state index < -0.39 is 0 Å². The third-order valence-corrected chi connectivity index (χ3v) is 4.10. The Bertz CT molecular complexity index is 302. The summed E-state index contributed by atoms with van der Waals surface area (Å²) in [4.78, 5) is 22.1. The van der Waals surface area contributed by atoms with E-state index in [1.54, 1.807) is 0 Å². The van der Waals surface area contributed by atoms with Gasteiger partial charge in [0.1, 0.15) is 6.10 Å². The molecule has 0 fully saturated rings. The summed E-state index contributed by atoms with van der Waals surface area (Å²) in [6.45, 7) is 3.69. The molecule has 0 aliphatic rings. The molecule has 0 saturated carbocycles. The molecule has 0 rings (SSSR count). The van der Waals surface area contributed by atoms with E-state index in [4.69, 9.17) is 4.74 Å². The Morgan fingerprint density at radius 1 is 0.826 bits per heavy atom. The van der Waals surface area contributed by atoms with Crippen molar-refractivity contribution in [3.63, 3.8) is 0 Å². The molecule has 1 unspecified atom stereocenters. The highest BCUT2D eigenvalue weighted by Gasteiger charge is 2.11. The maximum absolute atomic E-state index is 11.1. The van der Waals surface area contributed by atoms with Gasteiger partial charge in [-0.15, -0.1) is 0 Å². The van der Waals surface area contributed by atoms with Crippen LogP contribution in [0.5, 0.6) is 0 Å². The monoisotopic (exact) mass is 328 g/mol. The summed E-state index contributed by atoms with van der Waals surface area (Å²) in [7, 11) is 1.44. The van der Waals surface area contributed by atoms with Crippen LogP contribution in [-0.4, -0.2) is 25.2 Å². The Balaban J connectivity index is 3.53. The second-order valence-corrected chi connectivity index (χ2v) is 6.32. The van der Waals surface area contributed by atoms with Gasteiger partial charge in [-0.05, 0) is 32.1 Å². The number of ether oxygens (including phenoxy) is 2. The van der Waals surface area contributed by atoms with Gasteiger partial charge >= 0.3 is 11.9 Å². The van der Waals surface area contributed by atoms with Gasteiger partial charge in [0.25, 0.3) is 0 Å². The van der Waals surface area contributed by atoms with Crippen molar-refractivity contribution >= 4 is 11.9 Å². The summed E-state index contributed by atoms with van der Waals surface area (Å²) in [5.74, 6) is -0.262. The van der Waals surface area contributed by atoms with Crippen molar-refractivity contribution in [1.82, 2.24) is 0 Å². The minimum Gasteiger partial charge on any atom is -0.469 e. The van der Waals surface area contributed by atoms with Crippen molar-refractivity contribution in [2.24, 2.45) is 0 Å². The Hall–Kier alpha value is -1.06. The van der Waals surface area contributed by atoms with Gasteiger partial charge in [-0.25, -0.2) is 0 Å². The highest BCUT2D eigenvalue weighted by molar-refractivity contribution is 5.68. The van der Waals surface area contributed by atoms with Crippen LogP contribution in [0.2, 0.25) is 0 Å². The van der Waals surface area contributed by atoms with Gasteiger partial charge in [0.05, 0.1) is 7.11 Å². The first kappa shape index (κ1) is 21.9. The summed E-state index contributed by atoms with van der Waals surface area (Å²) >= 11 is 0. The quantitative estimate of drug-likeness (QED) is 0.307. The van der Waals surface area contributed by atoms with Gasteiger partial charge in [0.15, 0.2) is 0 Å². The van der Waals surface area contributed by atoms with E-state index in [0.717, 1.165) is 38.5 Å². The van der Waals surface area contributed by atoms with Crippen LogP contribution in [0.3, 0.4) is 0 Å². The molecular formula is C19H36O4. The number of carbonyl (C=O) groups is 2. The second-order valence-electron chi connectivity index (χ2n) is 6.32. The molecule has 136 valence electrons. The fourth-order valence-electron chi connectivity index (χ4n) is 2.75. The highest BCUT2D eigenvalue weighted by atomic mass is 16.5. The zero-order chi connectivity index (χ0) is 17.3. The maximum atomic E-state index is 11.1. The molecule has 0 aliphatic carbocycles. The van der Waals surface area contributed by atoms with Crippen molar-refractivity contribution in [3.05, 3.63) is 0 Å². The number of hydrogen-bond donors (Lipinski definition) is 0. The van der Waals surface area contributed by atoms with Gasteiger partial charge < -0.3 is 9.47 Å². The van der Waals surface area contributed by atoms with E-state index in [-0.39, 0.29) is 18.0 Å². The summed E-state index contributed by atoms with van der Waals surface area (Å²) in [5.41, 5.74) is 0. The van der Waals surface area contributed by atoms with Crippen molar-refractivity contribution in [1.29, 1.82) is 0 Å². The largest absolute Gasteiger partial charge is 0.469 e. The Morgan fingerprint density at radius 3 is 1.87 bits per heavy atom. The molecule has 0 spiro atoms. The molecule has 0 aliphatic heterocycles. The minimum absolute atomic E-state index is 0.107. The molecular weight excluding hydrogens is 292 g/mol. The average Bonchev–Trinajstić information content (AvgIpc) is 2.52. The fraction of sp³-hybridized carbons (Fsp3) is 0.895. The third-order valence-electron chi connectivity index (χ3n) is 4.10. The van der Waals surface area contributed by atoms with E-state index >= 15 is 0 Å². The van der Waals surface area contributed by atoms with Crippen molar-refractivity contribution in [3.8, 4) is 0 Å². The van der Waals surface area contributed by atoms with E-state index in [0.29, 0.717) is 6.42 Å². The van der Waals surface area contributed by atoms with E-state index in [1.165, 1.54) is 52.6 Å². The highest BCUT2D eigenvalue weighted by Crippen LogP contribution is 2.16. The number of methoxy groups -OCH3 is 1. The minimum atomic E-state index is -0.155. The molecule has 0 N–H and O–H groups in total. The molecule has 0 heterocycles. The number of unbranched alkanes of at least 4 members (excludes halogenated alkanes) is 8. The van der Waals surface area contributed by atoms with Crippen molar-refractivity contribution in [2.75, 3.05) is 7.11 Å². The Kier molecular flexibility index (Phi) is 15.1. The Morgan fingerprint density at radius 2 is 1.35 bits per heavy atom. The van der Waals surface area contributed by atoms with Crippen molar-refractivity contribution < 1.29 is 19.1 Å². The van der Waals surface area contributed by atoms with Crippen LogP contribution >= 0.6 is 0 Å². The summed E-state index contributed by atoms with van der Waals surface area (Å²) in [5, 5.41) is 0.